The lowest BCUT2D eigenvalue weighted by Gasteiger charge is -2.22. The molecule has 3 rings (SSSR count). The van der Waals surface area contributed by atoms with E-state index in [0.29, 0.717) is 5.92 Å². The zero-order valence-corrected chi connectivity index (χ0v) is 11.7. The fourth-order valence-electron chi connectivity index (χ4n) is 3.08. The van der Waals surface area contributed by atoms with Crippen LogP contribution in [0.1, 0.15) is 37.3 Å². The maximum atomic E-state index is 11.8. The molecule has 2 nitrogen and oxygen atoms in total. The molecule has 0 radical (unpaired) electrons. The van der Waals surface area contributed by atoms with Gasteiger partial charge in [0.2, 0.25) is 0 Å². The van der Waals surface area contributed by atoms with Crippen LogP contribution in [0.5, 0.6) is 0 Å². The highest BCUT2D eigenvalue weighted by Gasteiger charge is 2.39. The van der Waals surface area contributed by atoms with Gasteiger partial charge in [0.05, 0.1) is 5.92 Å². The largest absolute Gasteiger partial charge is 0.431 e. The van der Waals surface area contributed by atoms with E-state index >= 15 is 0 Å². The van der Waals surface area contributed by atoms with Crippen LogP contribution < -0.4 is 0 Å². The van der Waals surface area contributed by atoms with E-state index in [0.717, 1.165) is 42.0 Å². The molecule has 0 amide bonds. The van der Waals surface area contributed by atoms with Crippen molar-refractivity contribution in [3.05, 3.63) is 40.1 Å². The van der Waals surface area contributed by atoms with Gasteiger partial charge in [-0.2, -0.15) is 0 Å². The molecule has 2 fully saturated rings. The van der Waals surface area contributed by atoms with Crippen molar-refractivity contribution in [2.24, 2.45) is 11.8 Å². The van der Waals surface area contributed by atoms with E-state index in [-0.39, 0.29) is 11.9 Å². The fraction of sp³-hybridized carbons (Fsp3) is 0.438. The quantitative estimate of drug-likeness (QED) is 0.756. The normalized spacial score (nSPS) is 27.7. The minimum absolute atomic E-state index is 0.0647. The lowest BCUT2D eigenvalue weighted by molar-refractivity contribution is -0.146. The Morgan fingerprint density at radius 1 is 1.37 bits per heavy atom. The summed E-state index contributed by atoms with van der Waals surface area (Å²) in [5.74, 6) is 1.26. The van der Waals surface area contributed by atoms with Crippen molar-refractivity contribution in [1.29, 1.82) is 0 Å². The van der Waals surface area contributed by atoms with Gasteiger partial charge in [0.1, 0.15) is 5.76 Å². The van der Waals surface area contributed by atoms with Crippen LogP contribution in [0.15, 0.2) is 24.0 Å². The number of esters is 1. The first-order valence-electron chi connectivity index (χ1n) is 6.89. The molecule has 19 heavy (non-hydrogen) atoms. The van der Waals surface area contributed by atoms with Crippen molar-refractivity contribution in [3.8, 4) is 0 Å². The first-order valence-corrected chi connectivity index (χ1v) is 7.27. The first kappa shape index (κ1) is 12.7. The molecular formula is C16H17ClO2. The van der Waals surface area contributed by atoms with Gasteiger partial charge in [0.15, 0.2) is 0 Å². The summed E-state index contributed by atoms with van der Waals surface area (Å²) in [5.41, 5.74) is 2.19. The van der Waals surface area contributed by atoms with E-state index in [1.165, 1.54) is 5.56 Å². The molecule has 0 spiro atoms. The molecule has 100 valence electrons. The monoisotopic (exact) mass is 276 g/mol. The summed E-state index contributed by atoms with van der Waals surface area (Å²) in [7, 11) is 0. The van der Waals surface area contributed by atoms with Gasteiger partial charge in [-0.3, -0.25) is 4.79 Å². The van der Waals surface area contributed by atoms with Crippen LogP contribution in [0.4, 0.5) is 0 Å². The van der Waals surface area contributed by atoms with Crippen LogP contribution in [0.2, 0.25) is 5.02 Å². The van der Waals surface area contributed by atoms with Gasteiger partial charge in [0.25, 0.3) is 0 Å². The maximum absolute atomic E-state index is 11.8. The summed E-state index contributed by atoms with van der Waals surface area (Å²) < 4.78 is 5.50. The van der Waals surface area contributed by atoms with Crippen LogP contribution in [0.25, 0.3) is 6.08 Å². The summed E-state index contributed by atoms with van der Waals surface area (Å²) in [6.45, 7) is 2.10. The maximum Gasteiger partial charge on any atom is 0.314 e. The third-order valence-electron chi connectivity index (χ3n) is 4.20. The highest BCUT2D eigenvalue weighted by atomic mass is 35.5. The first-order chi connectivity index (χ1) is 9.19. The van der Waals surface area contributed by atoms with Gasteiger partial charge in [-0.15, -0.1) is 0 Å². The SMILES string of the molecule is CCc1cccc(Cl)c1/C=C1\OC(=O)C2CCC1C2. The van der Waals surface area contributed by atoms with Crippen molar-refractivity contribution in [2.75, 3.05) is 0 Å². The van der Waals surface area contributed by atoms with E-state index in [1.807, 2.05) is 18.2 Å². The summed E-state index contributed by atoms with van der Waals surface area (Å²) in [5, 5.41) is 0.725. The topological polar surface area (TPSA) is 26.3 Å². The minimum Gasteiger partial charge on any atom is -0.431 e. The van der Waals surface area contributed by atoms with Crippen molar-refractivity contribution in [2.45, 2.75) is 32.6 Å². The standard InChI is InChI=1S/C16H17ClO2/c1-2-10-4-3-5-14(17)13(10)9-15-11-6-7-12(8-11)16(18)19-15/h3-5,9,11-12H,2,6-8H2,1H3/b15-9-. The van der Waals surface area contributed by atoms with Gasteiger partial charge >= 0.3 is 5.97 Å². The molecule has 0 aromatic heterocycles. The highest BCUT2D eigenvalue weighted by Crippen LogP contribution is 2.42. The minimum atomic E-state index is -0.0647. The van der Waals surface area contributed by atoms with Gasteiger partial charge in [-0.1, -0.05) is 30.7 Å². The number of allylic oxidation sites excluding steroid dienone is 1. The van der Waals surface area contributed by atoms with Gasteiger partial charge in [0, 0.05) is 10.9 Å². The number of ether oxygens (including phenoxy) is 1. The second kappa shape index (κ2) is 5.01. The summed E-state index contributed by atoms with van der Waals surface area (Å²) in [6, 6.07) is 5.91. The van der Waals surface area contributed by atoms with E-state index in [2.05, 4.69) is 13.0 Å². The molecule has 2 unspecified atom stereocenters. The number of halogens is 1. The Kier molecular flexibility index (Phi) is 3.36. The second-order valence-electron chi connectivity index (χ2n) is 5.34. The average molecular weight is 277 g/mol. The molecule has 1 heterocycles. The van der Waals surface area contributed by atoms with Crippen molar-refractivity contribution < 1.29 is 9.53 Å². The number of cyclic esters (lactones) is 1. The average Bonchev–Trinajstić information content (AvgIpc) is 2.84. The second-order valence-corrected chi connectivity index (χ2v) is 5.75. The zero-order valence-electron chi connectivity index (χ0n) is 11.0. The molecule has 1 aliphatic carbocycles. The van der Waals surface area contributed by atoms with Crippen LogP contribution in [-0.4, -0.2) is 5.97 Å². The number of hydrogen-bond acceptors (Lipinski definition) is 2. The lowest BCUT2D eigenvalue weighted by Crippen LogP contribution is -2.22. The van der Waals surface area contributed by atoms with Gasteiger partial charge < -0.3 is 4.74 Å². The van der Waals surface area contributed by atoms with Crippen LogP contribution >= 0.6 is 11.6 Å². The number of carbonyl (C=O) groups is 1. The van der Waals surface area contributed by atoms with Gasteiger partial charge in [-0.05, 0) is 49.0 Å². The number of aryl methyl sites for hydroxylation is 1. The Hall–Kier alpha value is -1.28. The smallest absolute Gasteiger partial charge is 0.314 e. The molecule has 1 saturated carbocycles. The molecular weight excluding hydrogens is 260 g/mol. The molecule has 2 aliphatic rings. The number of carbonyl (C=O) groups excluding carboxylic acids is 1. The van der Waals surface area contributed by atoms with Crippen LogP contribution in [0, 0.1) is 11.8 Å². The molecule has 0 N–H and O–H groups in total. The molecule has 1 aliphatic heterocycles. The summed E-state index contributed by atoms with van der Waals surface area (Å²) in [6.07, 6.45) is 5.85. The fourth-order valence-corrected chi connectivity index (χ4v) is 3.33. The lowest BCUT2D eigenvalue weighted by atomic mass is 9.96. The third kappa shape index (κ3) is 2.30. The Morgan fingerprint density at radius 2 is 2.16 bits per heavy atom. The van der Waals surface area contributed by atoms with Crippen molar-refractivity contribution >= 4 is 23.6 Å². The van der Waals surface area contributed by atoms with Crippen LogP contribution in [0.3, 0.4) is 0 Å². The predicted molar refractivity (Wildman–Crippen MR) is 75.7 cm³/mol. The summed E-state index contributed by atoms with van der Waals surface area (Å²) in [4.78, 5) is 11.8. The molecule has 1 aromatic rings. The number of rotatable bonds is 2. The van der Waals surface area contributed by atoms with Crippen molar-refractivity contribution in [3.63, 3.8) is 0 Å². The Morgan fingerprint density at radius 3 is 2.95 bits per heavy atom. The van der Waals surface area contributed by atoms with E-state index < -0.39 is 0 Å². The Labute approximate surface area is 118 Å². The van der Waals surface area contributed by atoms with Gasteiger partial charge in [-0.25, -0.2) is 0 Å². The van der Waals surface area contributed by atoms with Crippen molar-refractivity contribution in [1.82, 2.24) is 0 Å². The molecule has 2 atom stereocenters. The number of benzene rings is 1. The highest BCUT2D eigenvalue weighted by molar-refractivity contribution is 6.32. The predicted octanol–water partition coefficient (Wildman–Crippen LogP) is 4.22. The summed E-state index contributed by atoms with van der Waals surface area (Å²) >= 11 is 6.28. The zero-order chi connectivity index (χ0) is 13.4. The van der Waals surface area contributed by atoms with E-state index in [9.17, 15) is 4.79 Å². The Balaban J connectivity index is 1.99. The van der Waals surface area contributed by atoms with Crippen LogP contribution in [-0.2, 0) is 16.0 Å². The Bertz CT molecular complexity index is 548. The molecule has 2 bridgehead atoms. The number of fused-ring (bicyclic) bond motifs is 2. The third-order valence-corrected chi connectivity index (χ3v) is 4.53. The van der Waals surface area contributed by atoms with E-state index in [4.69, 9.17) is 16.3 Å². The number of hydrogen-bond donors (Lipinski definition) is 0. The van der Waals surface area contributed by atoms with E-state index in [1.54, 1.807) is 0 Å². The molecule has 1 aromatic carbocycles. The molecule has 3 heteroatoms. The molecule has 1 saturated heterocycles.